The second kappa shape index (κ2) is 12.0. The average Bonchev–Trinajstić information content (AvgIpc) is 3.20. The van der Waals surface area contributed by atoms with E-state index in [4.69, 9.17) is 9.47 Å². The van der Waals surface area contributed by atoms with Crippen LogP contribution in [0.2, 0.25) is 0 Å². The molecule has 5 unspecified atom stereocenters. The van der Waals surface area contributed by atoms with Crippen LogP contribution < -0.4 is 0 Å². The first-order chi connectivity index (χ1) is 15.9. The highest BCUT2D eigenvalue weighted by molar-refractivity contribution is 5.79. The van der Waals surface area contributed by atoms with Gasteiger partial charge < -0.3 is 19.7 Å². The van der Waals surface area contributed by atoms with E-state index in [0.29, 0.717) is 13.3 Å². The van der Waals surface area contributed by atoms with Crippen LogP contribution in [-0.2, 0) is 19.1 Å². The summed E-state index contributed by atoms with van der Waals surface area (Å²) in [6.45, 7) is 12.5. The normalized spacial score (nSPS) is 21.8. The van der Waals surface area contributed by atoms with Crippen molar-refractivity contribution >= 4 is 11.9 Å². The predicted molar refractivity (Wildman–Crippen MR) is 126 cm³/mol. The van der Waals surface area contributed by atoms with Crippen molar-refractivity contribution in [2.75, 3.05) is 0 Å². The molecule has 1 aliphatic carbocycles. The Bertz CT molecular complexity index is 742. The van der Waals surface area contributed by atoms with Gasteiger partial charge in [-0.25, -0.2) is 0 Å². The number of carbonyl (C=O) groups excluding carboxylic acids is 2. The molecule has 5 atom stereocenters. The van der Waals surface area contributed by atoms with Crippen LogP contribution in [0.4, 0.5) is 13.2 Å². The molecule has 1 fully saturated rings. The van der Waals surface area contributed by atoms with Crippen molar-refractivity contribution in [3.63, 3.8) is 0 Å². The molecule has 0 aromatic rings. The molecular weight excluding hydrogens is 465 g/mol. The smallest absolute Gasteiger partial charge is 0.417 e. The number of ether oxygens (including phenoxy) is 2. The highest BCUT2D eigenvalue weighted by atomic mass is 19.4. The molecule has 1 aliphatic rings. The van der Waals surface area contributed by atoms with E-state index >= 15 is 0 Å². The van der Waals surface area contributed by atoms with E-state index in [9.17, 15) is 33.0 Å². The number of aliphatic hydroxyl groups excluding tert-OH is 1. The van der Waals surface area contributed by atoms with Gasteiger partial charge in [0.2, 0.25) is 0 Å². The first kappa shape index (κ1) is 31.3. The molecule has 0 amide bonds. The van der Waals surface area contributed by atoms with E-state index < -0.39 is 59.1 Å². The fourth-order valence-corrected chi connectivity index (χ4v) is 4.63. The third-order valence-corrected chi connectivity index (χ3v) is 7.59. The number of alkyl halides is 3. The van der Waals surface area contributed by atoms with E-state index in [2.05, 4.69) is 6.58 Å². The lowest BCUT2D eigenvalue weighted by Gasteiger charge is -2.35. The average molecular weight is 509 g/mol. The number of carbonyl (C=O) groups is 2. The highest BCUT2D eigenvalue weighted by Gasteiger charge is 2.51. The molecule has 35 heavy (non-hydrogen) atoms. The Morgan fingerprint density at radius 2 is 1.63 bits per heavy atom. The summed E-state index contributed by atoms with van der Waals surface area (Å²) < 4.78 is 50.4. The minimum Gasteiger partial charge on any atom is -0.513 e. The van der Waals surface area contributed by atoms with Crippen molar-refractivity contribution in [3.05, 3.63) is 12.3 Å². The molecule has 2 N–H and O–H groups in total. The molecule has 0 radical (unpaired) electrons. The first-order valence-corrected chi connectivity index (χ1v) is 12.5. The number of halogens is 3. The molecule has 0 aromatic carbocycles. The van der Waals surface area contributed by atoms with E-state index in [0.717, 1.165) is 25.7 Å². The fraction of sp³-hybridized carbons (Fsp3) is 0.846. The maximum atomic E-state index is 13.3. The number of hydrogen-bond donors (Lipinski definition) is 2. The molecule has 1 rings (SSSR count). The summed E-state index contributed by atoms with van der Waals surface area (Å²) >= 11 is 0. The Morgan fingerprint density at radius 1 is 1.09 bits per heavy atom. The Morgan fingerprint density at radius 3 is 2.06 bits per heavy atom. The number of hydrogen-bond acceptors (Lipinski definition) is 6. The van der Waals surface area contributed by atoms with Crippen molar-refractivity contribution in [2.45, 2.75) is 123 Å². The Kier molecular flexibility index (Phi) is 10.7. The number of allylic oxidation sites excluding steroid dienone is 1. The number of esters is 2. The Balaban J connectivity index is 3.06. The largest absolute Gasteiger partial charge is 0.513 e. The molecule has 0 aromatic heterocycles. The molecule has 0 spiro atoms. The third kappa shape index (κ3) is 8.40. The monoisotopic (exact) mass is 508 g/mol. The summed E-state index contributed by atoms with van der Waals surface area (Å²) in [4.78, 5) is 26.4. The van der Waals surface area contributed by atoms with Crippen LogP contribution >= 0.6 is 0 Å². The minimum absolute atomic E-state index is 0.0426. The summed E-state index contributed by atoms with van der Waals surface area (Å²) in [5, 5.41) is 19.6. The number of aliphatic hydroxyl groups is 2. The van der Waals surface area contributed by atoms with Gasteiger partial charge in [0.15, 0.2) is 5.60 Å². The van der Waals surface area contributed by atoms with E-state index in [1.165, 1.54) is 6.92 Å². The third-order valence-electron chi connectivity index (χ3n) is 7.59. The second-order valence-electron chi connectivity index (χ2n) is 10.8. The van der Waals surface area contributed by atoms with Gasteiger partial charge in [-0.15, -0.1) is 0 Å². The second-order valence-corrected chi connectivity index (χ2v) is 10.8. The molecule has 0 saturated heterocycles. The van der Waals surface area contributed by atoms with Gasteiger partial charge in [-0.3, -0.25) is 9.59 Å². The van der Waals surface area contributed by atoms with Gasteiger partial charge in [-0.05, 0) is 72.1 Å². The minimum atomic E-state index is -4.87. The molecular formula is C26H43F3O6. The zero-order valence-electron chi connectivity index (χ0n) is 22.0. The first-order valence-electron chi connectivity index (χ1n) is 12.5. The standard InChI is InChI=1S/C26H43F3O6/c1-8-23(6,22(32)34-18(4)15-24(7,33)26(27,28)29)16-20(14-17(3)19(5)30)21(31)35-25(9-2)12-10-11-13-25/h17-18,20,30,33H,5,8-16H2,1-4,6-7H3. The van der Waals surface area contributed by atoms with Crippen LogP contribution in [-0.4, -0.2) is 45.6 Å². The molecule has 204 valence electrons. The van der Waals surface area contributed by atoms with E-state index in [1.54, 1.807) is 20.8 Å². The lowest BCUT2D eigenvalue weighted by Crippen LogP contribution is -2.46. The van der Waals surface area contributed by atoms with E-state index in [1.807, 2.05) is 6.92 Å². The van der Waals surface area contributed by atoms with Crippen LogP contribution in [0.15, 0.2) is 12.3 Å². The van der Waals surface area contributed by atoms with Gasteiger partial charge in [0.05, 0.1) is 17.1 Å². The number of rotatable bonds is 13. The van der Waals surface area contributed by atoms with Gasteiger partial charge in [0.25, 0.3) is 0 Å². The van der Waals surface area contributed by atoms with E-state index in [-0.39, 0.29) is 25.0 Å². The van der Waals surface area contributed by atoms with Crippen molar-refractivity contribution in [1.82, 2.24) is 0 Å². The lowest BCUT2D eigenvalue weighted by atomic mass is 9.76. The molecule has 6 nitrogen and oxygen atoms in total. The van der Waals surface area contributed by atoms with Gasteiger partial charge in [0.1, 0.15) is 11.7 Å². The zero-order valence-corrected chi connectivity index (χ0v) is 22.0. The van der Waals surface area contributed by atoms with Crippen LogP contribution in [0.5, 0.6) is 0 Å². The van der Waals surface area contributed by atoms with Crippen LogP contribution in [0.1, 0.15) is 99.3 Å². The molecule has 0 aliphatic heterocycles. The van der Waals surface area contributed by atoms with Crippen LogP contribution in [0.3, 0.4) is 0 Å². The summed E-state index contributed by atoms with van der Waals surface area (Å²) in [6.07, 6.45) is -2.21. The molecule has 9 heteroatoms. The zero-order chi connectivity index (χ0) is 27.2. The Labute approximate surface area is 207 Å². The predicted octanol–water partition coefficient (Wildman–Crippen LogP) is 6.41. The van der Waals surface area contributed by atoms with Crippen molar-refractivity contribution in [1.29, 1.82) is 0 Å². The van der Waals surface area contributed by atoms with Crippen LogP contribution in [0.25, 0.3) is 0 Å². The SMILES string of the molecule is C=C(O)C(C)CC(CC(C)(CC)C(=O)OC(C)CC(C)(O)C(F)(F)F)C(=O)OC1(CC)CCCC1. The topological polar surface area (TPSA) is 93.1 Å². The quantitative estimate of drug-likeness (QED) is 0.221. The molecule has 0 heterocycles. The van der Waals surface area contributed by atoms with Crippen molar-refractivity contribution < 1.29 is 42.4 Å². The van der Waals surface area contributed by atoms with Gasteiger partial charge >= 0.3 is 18.1 Å². The summed E-state index contributed by atoms with van der Waals surface area (Å²) in [5.74, 6) is -2.46. The van der Waals surface area contributed by atoms with Crippen molar-refractivity contribution in [2.24, 2.45) is 17.3 Å². The van der Waals surface area contributed by atoms with Gasteiger partial charge in [-0.1, -0.05) is 27.4 Å². The van der Waals surface area contributed by atoms with Crippen LogP contribution in [0, 0.1) is 17.3 Å². The maximum absolute atomic E-state index is 13.3. The summed E-state index contributed by atoms with van der Waals surface area (Å²) in [7, 11) is 0. The summed E-state index contributed by atoms with van der Waals surface area (Å²) in [5.41, 5.74) is -4.72. The maximum Gasteiger partial charge on any atom is 0.417 e. The van der Waals surface area contributed by atoms with Gasteiger partial charge in [0, 0.05) is 12.3 Å². The molecule has 1 saturated carbocycles. The fourth-order valence-electron chi connectivity index (χ4n) is 4.63. The lowest BCUT2D eigenvalue weighted by molar-refractivity contribution is -0.261. The Hall–Kier alpha value is -1.77. The van der Waals surface area contributed by atoms with Crippen molar-refractivity contribution in [3.8, 4) is 0 Å². The molecule has 0 bridgehead atoms. The van der Waals surface area contributed by atoms with Gasteiger partial charge in [-0.2, -0.15) is 13.2 Å². The highest BCUT2D eigenvalue weighted by Crippen LogP contribution is 2.41. The summed E-state index contributed by atoms with van der Waals surface area (Å²) in [6, 6.07) is 0.